The molecule has 1 aliphatic rings. The lowest BCUT2D eigenvalue weighted by atomic mass is 9.94. The molecule has 3 rings (SSSR count). The summed E-state index contributed by atoms with van der Waals surface area (Å²) < 4.78 is 0. The van der Waals surface area contributed by atoms with Crippen molar-refractivity contribution < 1.29 is 4.79 Å². The van der Waals surface area contributed by atoms with Crippen molar-refractivity contribution in [1.29, 1.82) is 0 Å². The molecule has 1 aliphatic carbocycles. The predicted octanol–water partition coefficient (Wildman–Crippen LogP) is 2.96. The number of carbonyl (C=O) groups is 1. The summed E-state index contributed by atoms with van der Waals surface area (Å²) in [7, 11) is 1.83. The van der Waals surface area contributed by atoms with E-state index in [1.54, 1.807) is 4.90 Å². The molecule has 0 unspecified atom stereocenters. The van der Waals surface area contributed by atoms with Gasteiger partial charge in [-0.3, -0.25) is 4.79 Å². The van der Waals surface area contributed by atoms with Gasteiger partial charge >= 0.3 is 0 Å². The van der Waals surface area contributed by atoms with Crippen LogP contribution in [0.2, 0.25) is 0 Å². The summed E-state index contributed by atoms with van der Waals surface area (Å²) in [6, 6.07) is 17.5. The second kappa shape index (κ2) is 4.67. The summed E-state index contributed by atoms with van der Waals surface area (Å²) in [5, 5.41) is 0. The highest BCUT2D eigenvalue weighted by atomic mass is 16.2. The molecule has 0 aliphatic heterocycles. The molecule has 0 heterocycles. The Kier molecular flexibility index (Phi) is 2.97. The number of benzene rings is 2. The number of nitrogen functional groups attached to an aromatic ring is 1. The SMILES string of the molecule is CN(C(=O)C1(c2ccccc2)CC1)c1ccc(N)cc1. The fourth-order valence-electron chi connectivity index (χ4n) is 2.64. The number of hydrogen-bond donors (Lipinski definition) is 1. The first kappa shape index (κ1) is 12.7. The zero-order chi connectivity index (χ0) is 14.2. The number of anilines is 2. The van der Waals surface area contributed by atoms with Crippen molar-refractivity contribution in [3.8, 4) is 0 Å². The Morgan fingerprint density at radius 1 is 1.05 bits per heavy atom. The van der Waals surface area contributed by atoms with E-state index in [0.717, 1.165) is 24.1 Å². The van der Waals surface area contributed by atoms with Crippen LogP contribution < -0.4 is 10.6 Å². The Morgan fingerprint density at radius 3 is 2.20 bits per heavy atom. The van der Waals surface area contributed by atoms with Crippen molar-refractivity contribution in [2.24, 2.45) is 0 Å². The van der Waals surface area contributed by atoms with Crippen molar-refractivity contribution in [2.45, 2.75) is 18.3 Å². The maximum atomic E-state index is 12.8. The smallest absolute Gasteiger partial charge is 0.237 e. The molecule has 2 aromatic carbocycles. The minimum absolute atomic E-state index is 0.161. The van der Waals surface area contributed by atoms with Crippen LogP contribution in [0.3, 0.4) is 0 Å². The molecule has 2 aromatic rings. The molecule has 102 valence electrons. The summed E-state index contributed by atoms with van der Waals surface area (Å²) in [4.78, 5) is 14.5. The van der Waals surface area contributed by atoms with Crippen LogP contribution in [-0.4, -0.2) is 13.0 Å². The average Bonchev–Trinajstić information content (AvgIpc) is 3.29. The quantitative estimate of drug-likeness (QED) is 0.868. The highest BCUT2D eigenvalue weighted by Gasteiger charge is 2.52. The van der Waals surface area contributed by atoms with E-state index in [4.69, 9.17) is 5.73 Å². The minimum Gasteiger partial charge on any atom is -0.399 e. The Hall–Kier alpha value is -2.29. The highest BCUT2D eigenvalue weighted by Crippen LogP contribution is 2.49. The van der Waals surface area contributed by atoms with Gasteiger partial charge in [0.05, 0.1) is 5.41 Å². The maximum Gasteiger partial charge on any atom is 0.237 e. The topological polar surface area (TPSA) is 46.3 Å². The van der Waals surface area contributed by atoms with E-state index in [1.807, 2.05) is 61.6 Å². The van der Waals surface area contributed by atoms with Crippen LogP contribution in [0.5, 0.6) is 0 Å². The predicted molar refractivity (Wildman–Crippen MR) is 81.6 cm³/mol. The van der Waals surface area contributed by atoms with Crippen molar-refractivity contribution in [1.82, 2.24) is 0 Å². The minimum atomic E-state index is -0.322. The Morgan fingerprint density at radius 2 is 1.65 bits per heavy atom. The molecule has 20 heavy (non-hydrogen) atoms. The molecule has 1 fully saturated rings. The van der Waals surface area contributed by atoms with Gasteiger partial charge in [0, 0.05) is 18.4 Å². The maximum absolute atomic E-state index is 12.8. The molecule has 0 bridgehead atoms. The van der Waals surface area contributed by atoms with Crippen molar-refractivity contribution in [3.05, 3.63) is 60.2 Å². The normalized spacial score (nSPS) is 15.7. The summed E-state index contributed by atoms with van der Waals surface area (Å²) in [5.41, 5.74) is 8.07. The Balaban J connectivity index is 1.87. The first-order chi connectivity index (χ1) is 9.63. The summed E-state index contributed by atoms with van der Waals surface area (Å²) >= 11 is 0. The fourth-order valence-corrected chi connectivity index (χ4v) is 2.64. The number of hydrogen-bond acceptors (Lipinski definition) is 2. The summed E-state index contributed by atoms with van der Waals surface area (Å²) in [5.74, 6) is 0.161. The van der Waals surface area contributed by atoms with Crippen LogP contribution in [0.1, 0.15) is 18.4 Å². The van der Waals surface area contributed by atoms with Crippen LogP contribution in [0.4, 0.5) is 11.4 Å². The number of nitrogens with two attached hydrogens (primary N) is 1. The van der Waals surface area contributed by atoms with Gasteiger partial charge in [0.1, 0.15) is 0 Å². The van der Waals surface area contributed by atoms with Crippen molar-refractivity contribution in [3.63, 3.8) is 0 Å². The van der Waals surface area contributed by atoms with E-state index in [1.165, 1.54) is 0 Å². The van der Waals surface area contributed by atoms with Gasteiger partial charge in [-0.15, -0.1) is 0 Å². The van der Waals surface area contributed by atoms with Gasteiger partial charge in [-0.25, -0.2) is 0 Å². The van der Waals surface area contributed by atoms with Crippen LogP contribution in [-0.2, 0) is 10.2 Å². The van der Waals surface area contributed by atoms with Gasteiger partial charge in [0.15, 0.2) is 0 Å². The molecule has 0 spiro atoms. The standard InChI is InChI=1S/C17H18N2O/c1-19(15-9-7-14(18)8-10-15)16(20)17(11-12-17)13-5-3-2-4-6-13/h2-10H,11-12,18H2,1H3. The molecule has 2 N–H and O–H groups in total. The largest absolute Gasteiger partial charge is 0.399 e. The first-order valence-corrected chi connectivity index (χ1v) is 6.83. The van der Waals surface area contributed by atoms with E-state index >= 15 is 0 Å². The molecular formula is C17H18N2O. The van der Waals surface area contributed by atoms with Crippen LogP contribution in [0, 0.1) is 0 Å². The number of nitrogens with zero attached hydrogens (tertiary/aromatic N) is 1. The third kappa shape index (κ3) is 2.05. The van der Waals surface area contributed by atoms with Gasteiger partial charge in [0.25, 0.3) is 0 Å². The summed E-state index contributed by atoms with van der Waals surface area (Å²) in [6.45, 7) is 0. The zero-order valence-corrected chi connectivity index (χ0v) is 11.5. The van der Waals surface area contributed by atoms with E-state index in [9.17, 15) is 4.79 Å². The van der Waals surface area contributed by atoms with Crippen LogP contribution in [0.15, 0.2) is 54.6 Å². The Labute approximate surface area is 119 Å². The third-order valence-electron chi connectivity index (χ3n) is 4.07. The number of carbonyl (C=O) groups excluding carboxylic acids is 1. The molecule has 1 amide bonds. The van der Waals surface area contributed by atoms with Gasteiger partial charge in [-0.05, 0) is 42.7 Å². The van der Waals surface area contributed by atoms with Gasteiger partial charge in [-0.1, -0.05) is 30.3 Å². The lowest BCUT2D eigenvalue weighted by Crippen LogP contribution is -2.36. The average molecular weight is 266 g/mol. The number of likely N-dealkylation sites (N-methyl/N-ethyl adjacent to an activating group) is 1. The summed E-state index contributed by atoms with van der Waals surface area (Å²) in [6.07, 6.45) is 1.85. The molecule has 0 saturated heterocycles. The number of amides is 1. The molecule has 0 radical (unpaired) electrons. The molecule has 1 saturated carbocycles. The lowest BCUT2D eigenvalue weighted by Gasteiger charge is -2.24. The second-order valence-corrected chi connectivity index (χ2v) is 5.40. The van der Waals surface area contributed by atoms with Crippen molar-refractivity contribution >= 4 is 17.3 Å². The van der Waals surface area contributed by atoms with E-state index in [0.29, 0.717) is 5.69 Å². The zero-order valence-electron chi connectivity index (χ0n) is 11.5. The van der Waals surface area contributed by atoms with Crippen LogP contribution >= 0.6 is 0 Å². The van der Waals surface area contributed by atoms with Gasteiger partial charge in [0.2, 0.25) is 5.91 Å². The second-order valence-electron chi connectivity index (χ2n) is 5.40. The lowest BCUT2D eigenvalue weighted by molar-refractivity contribution is -0.120. The Bertz CT molecular complexity index is 615. The molecular weight excluding hydrogens is 248 g/mol. The highest BCUT2D eigenvalue weighted by molar-refractivity contribution is 6.03. The van der Waals surface area contributed by atoms with E-state index < -0.39 is 0 Å². The molecule has 0 aromatic heterocycles. The van der Waals surface area contributed by atoms with E-state index in [2.05, 4.69) is 0 Å². The third-order valence-corrected chi connectivity index (χ3v) is 4.07. The van der Waals surface area contributed by atoms with Crippen LogP contribution in [0.25, 0.3) is 0 Å². The monoisotopic (exact) mass is 266 g/mol. The van der Waals surface area contributed by atoms with Gasteiger partial charge < -0.3 is 10.6 Å². The molecule has 3 nitrogen and oxygen atoms in total. The molecule has 3 heteroatoms. The molecule has 0 atom stereocenters. The number of rotatable bonds is 3. The van der Waals surface area contributed by atoms with Gasteiger partial charge in [-0.2, -0.15) is 0 Å². The van der Waals surface area contributed by atoms with E-state index in [-0.39, 0.29) is 11.3 Å². The fraction of sp³-hybridized carbons (Fsp3) is 0.235. The first-order valence-electron chi connectivity index (χ1n) is 6.83. The van der Waals surface area contributed by atoms with Crippen molar-refractivity contribution in [2.75, 3.05) is 17.7 Å².